The number of hydrogen-bond acceptors (Lipinski definition) is 3. The van der Waals surface area contributed by atoms with Crippen molar-refractivity contribution in [3.8, 4) is 6.07 Å². The molecule has 0 amide bonds. The highest BCUT2D eigenvalue weighted by molar-refractivity contribution is 6.30. The third-order valence-electron chi connectivity index (χ3n) is 6.29. The van der Waals surface area contributed by atoms with Crippen molar-refractivity contribution in [2.45, 2.75) is 50.0 Å². The van der Waals surface area contributed by atoms with Gasteiger partial charge in [0.15, 0.2) is 0 Å². The average molecular weight is 397 g/mol. The fourth-order valence-electron chi connectivity index (χ4n) is 4.28. The maximum Gasteiger partial charge on any atom is 0.0920 e. The first kappa shape index (κ1) is 20.9. The summed E-state index contributed by atoms with van der Waals surface area (Å²) in [7, 11) is 0. The molecule has 1 atom stereocenters. The van der Waals surface area contributed by atoms with Gasteiger partial charge in [-0.25, -0.2) is 0 Å². The fourth-order valence-corrected chi connectivity index (χ4v) is 4.41. The van der Waals surface area contributed by atoms with Crippen molar-refractivity contribution in [2.24, 2.45) is 0 Å². The Kier molecular flexibility index (Phi) is 6.78. The van der Waals surface area contributed by atoms with Gasteiger partial charge < -0.3 is 10.0 Å². The van der Waals surface area contributed by atoms with Gasteiger partial charge in [-0.3, -0.25) is 0 Å². The Bertz CT molecular complexity index is 792. The lowest BCUT2D eigenvalue weighted by Crippen LogP contribution is -2.43. The van der Waals surface area contributed by atoms with Gasteiger partial charge in [0.2, 0.25) is 0 Å². The largest absolute Gasteiger partial charge is 0.385 e. The second-order valence-electron chi connectivity index (χ2n) is 7.90. The second-order valence-corrected chi connectivity index (χ2v) is 8.33. The van der Waals surface area contributed by atoms with Crippen molar-refractivity contribution >= 4 is 11.6 Å². The Hall–Kier alpha value is -1.86. The summed E-state index contributed by atoms with van der Waals surface area (Å²) in [6, 6.07) is 20.3. The van der Waals surface area contributed by atoms with Crippen LogP contribution in [0.1, 0.15) is 50.2 Å². The highest BCUT2D eigenvalue weighted by Crippen LogP contribution is 2.35. The zero-order valence-electron chi connectivity index (χ0n) is 16.6. The molecule has 148 valence electrons. The first-order valence-corrected chi connectivity index (χ1v) is 10.6. The standard InChI is InChI=1S/C24H29ClN2O/c1-2-23(19-26,20-7-4-3-5-8-20)13-6-16-27-17-14-24(28,15-18-27)21-9-11-22(25)12-10-21/h3-5,7-12,28H,2,6,13-18H2,1H3. The van der Waals surface area contributed by atoms with Gasteiger partial charge >= 0.3 is 0 Å². The molecule has 4 heteroatoms. The van der Waals surface area contributed by atoms with Crippen LogP contribution in [0.5, 0.6) is 0 Å². The molecule has 0 bridgehead atoms. The molecule has 0 aliphatic carbocycles. The molecule has 1 heterocycles. The van der Waals surface area contributed by atoms with Crippen LogP contribution in [-0.2, 0) is 11.0 Å². The van der Waals surface area contributed by atoms with Crippen molar-refractivity contribution in [2.75, 3.05) is 19.6 Å². The topological polar surface area (TPSA) is 47.3 Å². The summed E-state index contributed by atoms with van der Waals surface area (Å²) in [6.45, 7) is 4.81. The van der Waals surface area contributed by atoms with Crippen LogP contribution in [0.3, 0.4) is 0 Å². The Morgan fingerprint density at radius 3 is 2.32 bits per heavy atom. The SMILES string of the molecule is CCC(C#N)(CCCN1CCC(O)(c2ccc(Cl)cc2)CC1)c1ccccc1. The van der Waals surface area contributed by atoms with E-state index in [2.05, 4.69) is 30.0 Å². The summed E-state index contributed by atoms with van der Waals surface area (Å²) in [5.74, 6) is 0. The van der Waals surface area contributed by atoms with E-state index in [1.54, 1.807) is 0 Å². The van der Waals surface area contributed by atoms with Crippen LogP contribution in [-0.4, -0.2) is 29.6 Å². The average Bonchev–Trinajstić information content (AvgIpc) is 2.74. The van der Waals surface area contributed by atoms with E-state index in [1.165, 1.54) is 0 Å². The zero-order chi connectivity index (χ0) is 20.0. The normalized spacial score (nSPS) is 18.9. The van der Waals surface area contributed by atoms with Crippen LogP contribution in [0.4, 0.5) is 0 Å². The van der Waals surface area contributed by atoms with E-state index in [1.807, 2.05) is 42.5 Å². The molecule has 3 nitrogen and oxygen atoms in total. The molecular weight excluding hydrogens is 368 g/mol. The lowest BCUT2D eigenvalue weighted by Gasteiger charge is -2.39. The van der Waals surface area contributed by atoms with Crippen molar-refractivity contribution in [3.05, 3.63) is 70.7 Å². The van der Waals surface area contributed by atoms with Gasteiger partial charge in [-0.1, -0.05) is 61.0 Å². The van der Waals surface area contributed by atoms with E-state index < -0.39 is 11.0 Å². The molecule has 3 rings (SSSR count). The van der Waals surface area contributed by atoms with Crippen molar-refractivity contribution in [3.63, 3.8) is 0 Å². The Morgan fingerprint density at radius 1 is 1.11 bits per heavy atom. The molecular formula is C24H29ClN2O. The van der Waals surface area contributed by atoms with E-state index in [9.17, 15) is 10.4 Å². The number of nitriles is 1. The minimum absolute atomic E-state index is 0.402. The van der Waals surface area contributed by atoms with Crippen LogP contribution in [0.15, 0.2) is 54.6 Å². The minimum atomic E-state index is -0.759. The van der Waals surface area contributed by atoms with Crippen LogP contribution in [0.25, 0.3) is 0 Å². The van der Waals surface area contributed by atoms with Gasteiger partial charge in [0.1, 0.15) is 0 Å². The van der Waals surface area contributed by atoms with Gasteiger partial charge in [0, 0.05) is 18.1 Å². The van der Waals surface area contributed by atoms with Gasteiger partial charge in [0.25, 0.3) is 0 Å². The van der Waals surface area contributed by atoms with E-state index in [0.717, 1.165) is 62.9 Å². The molecule has 2 aromatic carbocycles. The second kappa shape index (κ2) is 9.09. The molecule has 1 aliphatic heterocycles. The lowest BCUT2D eigenvalue weighted by molar-refractivity contribution is -0.0262. The van der Waals surface area contributed by atoms with Crippen molar-refractivity contribution < 1.29 is 5.11 Å². The van der Waals surface area contributed by atoms with Crippen LogP contribution in [0, 0.1) is 11.3 Å². The molecule has 28 heavy (non-hydrogen) atoms. The Labute approximate surface area is 173 Å². The van der Waals surface area contributed by atoms with Gasteiger partial charge in [-0.05, 0) is 61.9 Å². The minimum Gasteiger partial charge on any atom is -0.385 e. The maximum absolute atomic E-state index is 11.0. The fraction of sp³-hybridized carbons (Fsp3) is 0.458. The van der Waals surface area contributed by atoms with E-state index >= 15 is 0 Å². The summed E-state index contributed by atoms with van der Waals surface area (Å²) in [4.78, 5) is 2.41. The Morgan fingerprint density at radius 2 is 1.75 bits per heavy atom. The molecule has 1 saturated heterocycles. The first-order chi connectivity index (χ1) is 13.5. The summed E-state index contributed by atoms with van der Waals surface area (Å²) in [6.07, 6.45) is 4.12. The molecule has 1 aliphatic rings. The number of piperidine rings is 1. The smallest absolute Gasteiger partial charge is 0.0920 e. The highest BCUT2D eigenvalue weighted by Gasteiger charge is 2.34. The third-order valence-corrected chi connectivity index (χ3v) is 6.54. The maximum atomic E-state index is 11.0. The number of hydrogen-bond donors (Lipinski definition) is 1. The zero-order valence-corrected chi connectivity index (χ0v) is 17.3. The number of benzene rings is 2. The number of halogens is 1. The summed E-state index contributed by atoms with van der Waals surface area (Å²) in [5, 5.41) is 21.6. The molecule has 0 saturated carbocycles. The Balaban J connectivity index is 1.54. The summed E-state index contributed by atoms with van der Waals surface area (Å²) >= 11 is 5.97. The lowest BCUT2D eigenvalue weighted by atomic mass is 9.76. The monoisotopic (exact) mass is 396 g/mol. The predicted molar refractivity (Wildman–Crippen MR) is 114 cm³/mol. The van der Waals surface area contributed by atoms with Crippen LogP contribution >= 0.6 is 11.6 Å². The molecule has 1 N–H and O–H groups in total. The highest BCUT2D eigenvalue weighted by atomic mass is 35.5. The summed E-state index contributed by atoms with van der Waals surface area (Å²) in [5.41, 5.74) is 0.914. The number of rotatable bonds is 7. The van der Waals surface area contributed by atoms with E-state index in [4.69, 9.17) is 11.6 Å². The van der Waals surface area contributed by atoms with E-state index in [0.29, 0.717) is 5.02 Å². The molecule has 1 fully saturated rings. The molecule has 0 aromatic heterocycles. The summed E-state index contributed by atoms with van der Waals surface area (Å²) < 4.78 is 0. The van der Waals surface area contributed by atoms with Crippen molar-refractivity contribution in [1.29, 1.82) is 5.26 Å². The van der Waals surface area contributed by atoms with Gasteiger partial charge in [-0.15, -0.1) is 0 Å². The van der Waals surface area contributed by atoms with Crippen molar-refractivity contribution in [1.82, 2.24) is 4.90 Å². The van der Waals surface area contributed by atoms with Crippen LogP contribution < -0.4 is 0 Å². The molecule has 1 unspecified atom stereocenters. The number of nitrogens with zero attached hydrogens (tertiary/aromatic N) is 2. The van der Waals surface area contributed by atoms with Crippen LogP contribution in [0.2, 0.25) is 5.02 Å². The quantitative estimate of drug-likeness (QED) is 0.692. The van der Waals surface area contributed by atoms with Gasteiger partial charge in [-0.2, -0.15) is 5.26 Å². The molecule has 0 spiro atoms. The van der Waals surface area contributed by atoms with Gasteiger partial charge in [0.05, 0.1) is 17.1 Å². The predicted octanol–water partition coefficient (Wildman–Crippen LogP) is 5.28. The molecule has 2 aromatic rings. The third kappa shape index (κ3) is 4.58. The number of likely N-dealkylation sites (tertiary alicyclic amines) is 1. The molecule has 0 radical (unpaired) electrons. The number of aliphatic hydroxyl groups is 1. The van der Waals surface area contributed by atoms with E-state index in [-0.39, 0.29) is 0 Å². The first-order valence-electron chi connectivity index (χ1n) is 10.2.